The molecule has 4 nitrogen and oxygen atoms in total. The van der Waals surface area contributed by atoms with Crippen molar-refractivity contribution in [2.24, 2.45) is 0 Å². The number of halogens is 1. The van der Waals surface area contributed by atoms with Gasteiger partial charge < -0.3 is 15.4 Å². The maximum Gasteiger partial charge on any atom is 0.239 e. The number of ether oxygens (including phenoxy) is 1. The van der Waals surface area contributed by atoms with Crippen LogP contribution in [-0.2, 0) is 6.54 Å². The van der Waals surface area contributed by atoms with E-state index in [0.29, 0.717) is 18.1 Å². The van der Waals surface area contributed by atoms with Crippen molar-refractivity contribution < 1.29 is 9.13 Å². The van der Waals surface area contributed by atoms with Gasteiger partial charge in [0.25, 0.3) is 0 Å². The number of pyridine rings is 1. The van der Waals surface area contributed by atoms with Crippen LogP contribution in [0.5, 0.6) is 5.88 Å². The van der Waals surface area contributed by atoms with E-state index < -0.39 is 0 Å². The van der Waals surface area contributed by atoms with Gasteiger partial charge in [0.1, 0.15) is 11.6 Å². The summed E-state index contributed by atoms with van der Waals surface area (Å²) < 4.78 is 18.8. The van der Waals surface area contributed by atoms with Crippen molar-refractivity contribution in [3.8, 4) is 5.88 Å². The molecule has 2 aromatic rings. The molecule has 1 heterocycles. The van der Waals surface area contributed by atoms with Crippen molar-refractivity contribution in [2.75, 3.05) is 17.7 Å². The van der Waals surface area contributed by atoms with Crippen LogP contribution in [0.2, 0.25) is 0 Å². The molecule has 0 bridgehead atoms. The number of nitrogens with zero attached hydrogens (tertiary/aromatic N) is 2. The zero-order valence-electron chi connectivity index (χ0n) is 12.5. The van der Waals surface area contributed by atoms with Gasteiger partial charge in [-0.2, -0.15) is 4.98 Å². The number of nitrogen functional groups attached to an aromatic ring is 1. The van der Waals surface area contributed by atoms with Gasteiger partial charge in [0, 0.05) is 13.6 Å². The Hall–Kier alpha value is -2.30. The Morgan fingerprint density at radius 2 is 2.05 bits per heavy atom. The quantitative estimate of drug-likeness (QED) is 0.918. The van der Waals surface area contributed by atoms with Gasteiger partial charge in [0.2, 0.25) is 5.88 Å². The van der Waals surface area contributed by atoms with E-state index in [2.05, 4.69) is 4.98 Å². The number of anilines is 2. The van der Waals surface area contributed by atoms with Gasteiger partial charge in [-0.05, 0) is 43.7 Å². The fourth-order valence-corrected chi connectivity index (χ4v) is 1.96. The number of hydrogen-bond donors (Lipinski definition) is 1. The Balaban J connectivity index is 2.17. The summed E-state index contributed by atoms with van der Waals surface area (Å²) in [5.41, 5.74) is 7.24. The highest BCUT2D eigenvalue weighted by molar-refractivity contribution is 5.54. The molecule has 0 saturated carbocycles. The number of hydrogen-bond acceptors (Lipinski definition) is 4. The lowest BCUT2D eigenvalue weighted by atomic mass is 10.2. The highest BCUT2D eigenvalue weighted by atomic mass is 19.1. The Labute approximate surface area is 124 Å². The Morgan fingerprint density at radius 3 is 2.71 bits per heavy atom. The molecule has 2 rings (SSSR count). The molecule has 0 radical (unpaired) electrons. The van der Waals surface area contributed by atoms with Crippen molar-refractivity contribution >= 4 is 11.5 Å². The summed E-state index contributed by atoms with van der Waals surface area (Å²) >= 11 is 0. The van der Waals surface area contributed by atoms with E-state index >= 15 is 0 Å². The Kier molecular flexibility index (Phi) is 4.62. The molecule has 5 heteroatoms. The van der Waals surface area contributed by atoms with Crippen LogP contribution in [0.3, 0.4) is 0 Å². The van der Waals surface area contributed by atoms with Crippen LogP contribution in [0.15, 0.2) is 36.4 Å². The standard InChI is InChI=1S/C16H20FN3O/c1-11(2)21-16-14(18)7-8-15(19-16)20(3)10-12-5-4-6-13(17)9-12/h4-9,11H,10,18H2,1-3H3. The van der Waals surface area contributed by atoms with Crippen molar-refractivity contribution in [1.29, 1.82) is 0 Å². The molecule has 0 aliphatic rings. The lowest BCUT2D eigenvalue weighted by Crippen LogP contribution is -2.19. The van der Waals surface area contributed by atoms with Gasteiger partial charge in [-0.25, -0.2) is 4.39 Å². The Bertz CT molecular complexity index is 616. The molecule has 0 unspecified atom stereocenters. The third-order valence-electron chi connectivity index (χ3n) is 2.92. The van der Waals surface area contributed by atoms with Gasteiger partial charge in [-0.1, -0.05) is 12.1 Å². The van der Waals surface area contributed by atoms with Gasteiger partial charge >= 0.3 is 0 Å². The predicted octanol–water partition coefficient (Wildman–Crippen LogP) is 3.23. The average Bonchev–Trinajstić information content (AvgIpc) is 2.40. The molecule has 0 saturated heterocycles. The summed E-state index contributed by atoms with van der Waals surface area (Å²) in [7, 11) is 1.89. The molecule has 0 atom stereocenters. The molecule has 1 aromatic heterocycles. The van der Waals surface area contributed by atoms with Crippen LogP contribution in [-0.4, -0.2) is 18.1 Å². The minimum atomic E-state index is -0.241. The first-order chi connectivity index (χ1) is 9.95. The summed E-state index contributed by atoms with van der Waals surface area (Å²) in [5, 5.41) is 0. The van der Waals surface area contributed by atoms with E-state index in [4.69, 9.17) is 10.5 Å². The predicted molar refractivity (Wildman–Crippen MR) is 82.9 cm³/mol. The zero-order chi connectivity index (χ0) is 15.4. The summed E-state index contributed by atoms with van der Waals surface area (Å²) in [6, 6.07) is 10.1. The lowest BCUT2D eigenvalue weighted by Gasteiger charge is -2.20. The van der Waals surface area contributed by atoms with Crippen LogP contribution in [0.25, 0.3) is 0 Å². The van der Waals surface area contributed by atoms with Gasteiger partial charge in [0.05, 0.1) is 11.8 Å². The second-order valence-corrected chi connectivity index (χ2v) is 5.22. The van der Waals surface area contributed by atoms with Gasteiger partial charge in [-0.3, -0.25) is 0 Å². The molecule has 2 N–H and O–H groups in total. The van der Waals surface area contributed by atoms with E-state index in [1.165, 1.54) is 12.1 Å². The van der Waals surface area contributed by atoms with Crippen LogP contribution >= 0.6 is 0 Å². The van der Waals surface area contributed by atoms with Crippen molar-refractivity contribution in [3.05, 3.63) is 47.8 Å². The largest absolute Gasteiger partial charge is 0.473 e. The molecule has 0 aliphatic heterocycles. The zero-order valence-corrected chi connectivity index (χ0v) is 12.5. The van der Waals surface area contributed by atoms with Crippen LogP contribution < -0.4 is 15.4 Å². The normalized spacial score (nSPS) is 10.7. The highest BCUT2D eigenvalue weighted by Crippen LogP contribution is 2.24. The van der Waals surface area contributed by atoms with E-state index in [-0.39, 0.29) is 11.9 Å². The first-order valence-electron chi connectivity index (χ1n) is 6.84. The highest BCUT2D eigenvalue weighted by Gasteiger charge is 2.10. The fraction of sp³-hybridized carbons (Fsp3) is 0.312. The second kappa shape index (κ2) is 6.43. The van der Waals surface area contributed by atoms with Crippen LogP contribution in [0.4, 0.5) is 15.9 Å². The third kappa shape index (κ3) is 4.08. The Morgan fingerprint density at radius 1 is 1.29 bits per heavy atom. The maximum atomic E-state index is 13.2. The van der Waals surface area contributed by atoms with E-state index in [1.807, 2.05) is 37.9 Å². The number of aromatic nitrogens is 1. The van der Waals surface area contributed by atoms with Crippen molar-refractivity contribution in [1.82, 2.24) is 4.98 Å². The number of rotatable bonds is 5. The molecule has 0 aliphatic carbocycles. The van der Waals surface area contributed by atoms with E-state index in [1.54, 1.807) is 12.1 Å². The SMILES string of the molecule is CC(C)Oc1nc(N(C)Cc2cccc(F)c2)ccc1N. The minimum absolute atomic E-state index is 0.00331. The number of nitrogens with two attached hydrogens (primary N) is 1. The molecular weight excluding hydrogens is 269 g/mol. The average molecular weight is 289 g/mol. The summed E-state index contributed by atoms with van der Waals surface area (Å²) in [6.45, 7) is 4.39. The second-order valence-electron chi connectivity index (χ2n) is 5.22. The molecule has 0 fully saturated rings. The molecular formula is C16H20FN3O. The summed E-state index contributed by atoms with van der Waals surface area (Å²) in [6.07, 6.45) is 0.00331. The first-order valence-corrected chi connectivity index (χ1v) is 6.84. The molecule has 0 spiro atoms. The van der Waals surface area contributed by atoms with Crippen LogP contribution in [0, 0.1) is 5.82 Å². The third-order valence-corrected chi connectivity index (χ3v) is 2.92. The van der Waals surface area contributed by atoms with Gasteiger partial charge in [0.15, 0.2) is 0 Å². The summed E-state index contributed by atoms with van der Waals surface area (Å²) in [4.78, 5) is 6.33. The minimum Gasteiger partial charge on any atom is -0.473 e. The number of benzene rings is 1. The molecule has 0 amide bonds. The smallest absolute Gasteiger partial charge is 0.239 e. The maximum absolute atomic E-state index is 13.2. The van der Waals surface area contributed by atoms with E-state index in [0.717, 1.165) is 11.4 Å². The van der Waals surface area contributed by atoms with Crippen molar-refractivity contribution in [3.63, 3.8) is 0 Å². The summed E-state index contributed by atoms with van der Waals surface area (Å²) in [5.74, 6) is 0.910. The van der Waals surface area contributed by atoms with Crippen molar-refractivity contribution in [2.45, 2.75) is 26.5 Å². The van der Waals surface area contributed by atoms with E-state index in [9.17, 15) is 4.39 Å². The molecule has 112 valence electrons. The monoisotopic (exact) mass is 289 g/mol. The molecule has 21 heavy (non-hydrogen) atoms. The lowest BCUT2D eigenvalue weighted by molar-refractivity contribution is 0.234. The molecule has 1 aromatic carbocycles. The first kappa shape index (κ1) is 15.1. The topological polar surface area (TPSA) is 51.4 Å². The van der Waals surface area contributed by atoms with Gasteiger partial charge in [-0.15, -0.1) is 0 Å². The fourth-order valence-electron chi connectivity index (χ4n) is 1.96. The van der Waals surface area contributed by atoms with Crippen LogP contribution in [0.1, 0.15) is 19.4 Å².